The number of ketones is 1. The third-order valence-corrected chi connectivity index (χ3v) is 7.79. The number of hydrogen-bond acceptors (Lipinski definition) is 5. The third kappa shape index (κ3) is 3.73. The highest BCUT2D eigenvalue weighted by Crippen LogP contribution is 2.53. The minimum atomic E-state index is -0.536. The lowest BCUT2D eigenvalue weighted by Crippen LogP contribution is -2.40. The van der Waals surface area contributed by atoms with Crippen molar-refractivity contribution >= 4 is 28.9 Å². The highest BCUT2D eigenvalue weighted by atomic mass is 35.5. The van der Waals surface area contributed by atoms with Gasteiger partial charge in [0.25, 0.3) is 0 Å². The van der Waals surface area contributed by atoms with E-state index in [1.807, 2.05) is 72.4 Å². The highest BCUT2D eigenvalue weighted by molar-refractivity contribution is 6.31. The molecule has 1 aromatic heterocycles. The molecule has 0 saturated carbocycles. The summed E-state index contributed by atoms with van der Waals surface area (Å²) in [6.45, 7) is 6.36. The first-order valence-electron chi connectivity index (χ1n) is 12.3. The molecule has 0 fully saturated rings. The van der Waals surface area contributed by atoms with Crippen LogP contribution in [0.3, 0.4) is 0 Å². The maximum Gasteiger partial charge on any atom is 0.231 e. The Hall–Kier alpha value is -3.95. The second kappa shape index (κ2) is 8.57. The summed E-state index contributed by atoms with van der Waals surface area (Å²) in [6.07, 6.45) is 4.94. The van der Waals surface area contributed by atoms with Crippen LogP contribution in [-0.2, 0) is 4.79 Å². The highest BCUT2D eigenvalue weighted by Gasteiger charge is 2.46. The standard InChI is InChI=1S/C30H26ClN3O3/c1-18-21(31)7-6-8-22(18)34-23-14-30(2,3)15-24(35)28(23)27(19-9-10-25-26(13-19)37-17-36-25)20(16-32)29(34)33-11-4-5-12-33/h4-13,27H,14-15,17H2,1-3H3. The smallest absolute Gasteiger partial charge is 0.231 e. The molecule has 2 aliphatic heterocycles. The van der Waals surface area contributed by atoms with Gasteiger partial charge in [-0.3, -0.25) is 9.69 Å². The summed E-state index contributed by atoms with van der Waals surface area (Å²) >= 11 is 6.59. The van der Waals surface area contributed by atoms with Crippen LogP contribution in [0.1, 0.15) is 43.7 Å². The van der Waals surface area contributed by atoms with E-state index >= 15 is 0 Å². The van der Waals surface area contributed by atoms with E-state index in [4.69, 9.17) is 21.1 Å². The Kier molecular flexibility index (Phi) is 5.43. The molecule has 0 radical (unpaired) electrons. The number of aromatic nitrogens is 1. The zero-order chi connectivity index (χ0) is 25.9. The van der Waals surface area contributed by atoms with Gasteiger partial charge in [0.05, 0.1) is 23.2 Å². The first-order valence-corrected chi connectivity index (χ1v) is 12.7. The van der Waals surface area contributed by atoms with Crippen molar-refractivity contribution in [2.24, 2.45) is 5.41 Å². The lowest BCUT2D eigenvalue weighted by atomic mass is 9.68. The van der Waals surface area contributed by atoms with Gasteiger partial charge in [0.2, 0.25) is 6.79 Å². The van der Waals surface area contributed by atoms with Crippen molar-refractivity contribution in [3.8, 4) is 17.6 Å². The molecule has 0 spiro atoms. The number of Topliss-reactive ketones (excluding diaryl/α,β-unsaturated/α-hetero) is 1. The molecule has 0 N–H and O–H groups in total. The van der Waals surface area contributed by atoms with E-state index in [2.05, 4.69) is 24.8 Å². The quantitative estimate of drug-likeness (QED) is 0.386. The Morgan fingerprint density at radius 2 is 1.81 bits per heavy atom. The van der Waals surface area contributed by atoms with Crippen molar-refractivity contribution < 1.29 is 14.3 Å². The molecule has 0 amide bonds. The predicted octanol–water partition coefficient (Wildman–Crippen LogP) is 6.82. The van der Waals surface area contributed by atoms with Gasteiger partial charge in [-0.05, 0) is 66.3 Å². The molecule has 1 unspecified atom stereocenters. The number of carbonyl (C=O) groups excluding carboxylic acids is 1. The Bertz CT molecular complexity index is 1540. The minimum Gasteiger partial charge on any atom is -0.454 e. The number of carbonyl (C=O) groups is 1. The summed E-state index contributed by atoms with van der Waals surface area (Å²) in [5.41, 5.74) is 4.37. The summed E-state index contributed by atoms with van der Waals surface area (Å²) in [5.74, 6) is 1.50. The van der Waals surface area contributed by atoms with Gasteiger partial charge in [-0.2, -0.15) is 5.26 Å². The molecule has 3 aliphatic rings. The van der Waals surface area contributed by atoms with E-state index < -0.39 is 5.92 Å². The van der Waals surface area contributed by atoms with Crippen LogP contribution in [0.4, 0.5) is 5.69 Å². The average Bonchev–Trinajstić information content (AvgIpc) is 3.55. The number of nitrogens with zero attached hydrogens (tertiary/aromatic N) is 3. The summed E-state index contributed by atoms with van der Waals surface area (Å²) in [5, 5.41) is 11.3. The van der Waals surface area contributed by atoms with Crippen molar-refractivity contribution in [2.45, 2.75) is 39.5 Å². The van der Waals surface area contributed by atoms with Crippen LogP contribution < -0.4 is 14.4 Å². The van der Waals surface area contributed by atoms with Crippen LogP contribution >= 0.6 is 11.6 Å². The van der Waals surface area contributed by atoms with Crippen LogP contribution in [0.5, 0.6) is 11.5 Å². The summed E-state index contributed by atoms with van der Waals surface area (Å²) in [6, 6.07) is 17.8. The van der Waals surface area contributed by atoms with E-state index in [1.54, 1.807) is 0 Å². The number of allylic oxidation sites excluding steroid dienone is 3. The largest absolute Gasteiger partial charge is 0.454 e. The Labute approximate surface area is 221 Å². The lowest BCUT2D eigenvalue weighted by Gasteiger charge is -2.45. The monoisotopic (exact) mass is 511 g/mol. The third-order valence-electron chi connectivity index (χ3n) is 7.38. The van der Waals surface area contributed by atoms with Gasteiger partial charge in [-0.25, -0.2) is 0 Å². The van der Waals surface area contributed by atoms with Gasteiger partial charge in [-0.15, -0.1) is 0 Å². The normalized spacial score (nSPS) is 20.2. The molecule has 1 atom stereocenters. The van der Waals surface area contributed by atoms with Gasteiger partial charge < -0.3 is 14.0 Å². The fourth-order valence-electron chi connectivity index (χ4n) is 5.72. The number of rotatable bonds is 3. The molecular weight excluding hydrogens is 486 g/mol. The van der Waals surface area contributed by atoms with Gasteiger partial charge in [0, 0.05) is 35.1 Å². The van der Waals surface area contributed by atoms with E-state index in [1.165, 1.54) is 0 Å². The lowest BCUT2D eigenvalue weighted by molar-refractivity contribution is -0.118. The van der Waals surface area contributed by atoms with Crippen molar-refractivity contribution in [1.82, 2.24) is 4.57 Å². The predicted molar refractivity (Wildman–Crippen MR) is 142 cm³/mol. The van der Waals surface area contributed by atoms with Crippen LogP contribution in [0.2, 0.25) is 5.02 Å². The molecule has 3 heterocycles. The fraction of sp³-hybridized carbons (Fsp3) is 0.267. The molecule has 7 heteroatoms. The van der Waals surface area contributed by atoms with E-state index in [0.717, 1.165) is 22.5 Å². The number of anilines is 1. The molecule has 6 nitrogen and oxygen atoms in total. The molecule has 0 bridgehead atoms. The molecule has 1 aliphatic carbocycles. The Morgan fingerprint density at radius 1 is 1.05 bits per heavy atom. The van der Waals surface area contributed by atoms with Gasteiger partial charge in [-0.1, -0.05) is 37.6 Å². The molecule has 2 aromatic carbocycles. The molecule has 186 valence electrons. The fourth-order valence-corrected chi connectivity index (χ4v) is 5.89. The van der Waals surface area contributed by atoms with Gasteiger partial charge in [0.15, 0.2) is 17.3 Å². The van der Waals surface area contributed by atoms with Crippen molar-refractivity contribution in [1.29, 1.82) is 5.26 Å². The zero-order valence-electron chi connectivity index (χ0n) is 20.9. The second-order valence-electron chi connectivity index (χ2n) is 10.5. The minimum absolute atomic E-state index is 0.0536. The average molecular weight is 512 g/mol. The van der Waals surface area contributed by atoms with Crippen molar-refractivity contribution in [3.63, 3.8) is 0 Å². The number of benzene rings is 2. The summed E-state index contributed by atoms with van der Waals surface area (Å²) in [4.78, 5) is 16.0. The molecule has 3 aromatic rings. The summed E-state index contributed by atoms with van der Waals surface area (Å²) in [7, 11) is 0. The number of hydrogen-bond donors (Lipinski definition) is 0. The molecule has 6 rings (SSSR count). The van der Waals surface area contributed by atoms with E-state index in [9.17, 15) is 10.1 Å². The summed E-state index contributed by atoms with van der Waals surface area (Å²) < 4.78 is 13.1. The number of fused-ring (bicyclic) bond motifs is 1. The Morgan fingerprint density at radius 3 is 2.57 bits per heavy atom. The Balaban J connectivity index is 1.69. The van der Waals surface area contributed by atoms with E-state index in [0.29, 0.717) is 46.3 Å². The number of halogens is 1. The van der Waals surface area contributed by atoms with E-state index in [-0.39, 0.29) is 18.0 Å². The van der Waals surface area contributed by atoms with Crippen LogP contribution in [0.15, 0.2) is 77.8 Å². The van der Waals surface area contributed by atoms with Crippen molar-refractivity contribution in [2.75, 3.05) is 11.7 Å². The van der Waals surface area contributed by atoms with Crippen molar-refractivity contribution in [3.05, 3.63) is 93.9 Å². The van der Waals surface area contributed by atoms with Crippen LogP contribution in [0, 0.1) is 23.7 Å². The second-order valence-corrected chi connectivity index (χ2v) is 10.9. The van der Waals surface area contributed by atoms with Gasteiger partial charge >= 0.3 is 0 Å². The molecular formula is C30H26ClN3O3. The van der Waals surface area contributed by atoms with Gasteiger partial charge in [0.1, 0.15) is 5.82 Å². The zero-order valence-corrected chi connectivity index (χ0v) is 21.7. The topological polar surface area (TPSA) is 67.5 Å². The maximum atomic E-state index is 13.9. The van der Waals surface area contributed by atoms with Crippen LogP contribution in [0.25, 0.3) is 5.82 Å². The first-order chi connectivity index (χ1) is 17.8. The first kappa shape index (κ1) is 23.4. The molecule has 0 saturated heterocycles. The number of nitriles is 1. The SMILES string of the molecule is Cc1c(Cl)cccc1N1C2=C(C(=O)CC(C)(C)C2)C(c2ccc3c(c2)OCO3)C(C#N)=C1n1cccc1. The molecule has 37 heavy (non-hydrogen) atoms. The number of ether oxygens (including phenoxy) is 2. The van der Waals surface area contributed by atoms with Crippen LogP contribution in [-0.4, -0.2) is 17.1 Å². The maximum absolute atomic E-state index is 13.9.